The monoisotopic (exact) mass is 367 g/mol. The molecule has 0 aliphatic carbocycles. The Bertz CT molecular complexity index is 682. The first-order valence-corrected chi connectivity index (χ1v) is 9.03. The summed E-state index contributed by atoms with van der Waals surface area (Å²) in [6.07, 6.45) is 1.10. The second kappa shape index (κ2) is 6.67. The van der Waals surface area contributed by atoms with Crippen LogP contribution in [0.3, 0.4) is 0 Å². The third-order valence-corrected chi connectivity index (χ3v) is 5.89. The van der Waals surface area contributed by atoms with E-state index in [-0.39, 0.29) is 24.3 Å². The Hall–Kier alpha value is -1.50. The van der Waals surface area contributed by atoms with E-state index in [0.717, 1.165) is 12.0 Å². The molecule has 1 N–H and O–H groups in total. The summed E-state index contributed by atoms with van der Waals surface area (Å²) in [5, 5.41) is 10.4. The molecule has 1 aromatic carbocycles. The molecule has 1 aromatic rings. The van der Waals surface area contributed by atoms with Crippen molar-refractivity contribution in [2.45, 2.75) is 12.8 Å². The summed E-state index contributed by atoms with van der Waals surface area (Å²) < 4.78 is 16.6. The molecule has 3 aliphatic rings. The first-order chi connectivity index (χ1) is 12.1. The van der Waals surface area contributed by atoms with E-state index in [2.05, 4.69) is 0 Å². The molecule has 25 heavy (non-hydrogen) atoms. The third kappa shape index (κ3) is 3.07. The minimum atomic E-state index is -0.315. The highest BCUT2D eigenvalue weighted by Crippen LogP contribution is 2.41. The van der Waals surface area contributed by atoms with E-state index in [1.54, 1.807) is 12.1 Å². The number of amides is 1. The van der Waals surface area contributed by atoms with Crippen molar-refractivity contribution in [3.8, 4) is 11.5 Å². The summed E-state index contributed by atoms with van der Waals surface area (Å²) in [6.45, 7) is 3.47. The molecule has 0 bridgehead atoms. The Morgan fingerprint density at radius 3 is 2.76 bits per heavy atom. The lowest BCUT2D eigenvalue weighted by Crippen LogP contribution is -2.43. The molecule has 3 aliphatic heterocycles. The van der Waals surface area contributed by atoms with E-state index in [1.807, 2.05) is 4.90 Å². The van der Waals surface area contributed by atoms with Crippen molar-refractivity contribution in [2.75, 3.05) is 46.1 Å². The first-order valence-electron chi connectivity index (χ1n) is 8.66. The van der Waals surface area contributed by atoms with Gasteiger partial charge in [0.25, 0.3) is 0 Å². The number of hydrogen-bond acceptors (Lipinski definition) is 5. The lowest BCUT2D eigenvalue weighted by Gasteiger charge is -2.36. The van der Waals surface area contributed by atoms with Gasteiger partial charge in [0, 0.05) is 36.2 Å². The number of halogens is 1. The molecule has 0 aromatic heterocycles. The number of fused-ring (bicyclic) bond motifs is 2. The highest BCUT2D eigenvalue weighted by molar-refractivity contribution is 6.31. The van der Waals surface area contributed by atoms with E-state index in [4.69, 9.17) is 25.8 Å². The van der Waals surface area contributed by atoms with Crippen molar-refractivity contribution in [1.29, 1.82) is 0 Å². The van der Waals surface area contributed by atoms with E-state index in [0.29, 0.717) is 62.0 Å². The molecule has 0 radical (unpaired) electrons. The first kappa shape index (κ1) is 16.9. The fraction of sp³-hybridized carbons (Fsp3) is 0.611. The molecule has 2 fully saturated rings. The maximum Gasteiger partial charge on any atom is 0.227 e. The lowest BCUT2D eigenvalue weighted by atomic mass is 9.76. The van der Waals surface area contributed by atoms with E-state index in [1.165, 1.54) is 0 Å². The van der Waals surface area contributed by atoms with E-state index < -0.39 is 0 Å². The Morgan fingerprint density at radius 1 is 1.28 bits per heavy atom. The molecular formula is C18H22ClNO5. The third-order valence-electron chi connectivity index (χ3n) is 5.53. The van der Waals surface area contributed by atoms with Gasteiger partial charge >= 0.3 is 0 Å². The Kier molecular flexibility index (Phi) is 4.52. The molecule has 7 heteroatoms. The fourth-order valence-corrected chi connectivity index (χ4v) is 4.25. The number of aliphatic hydroxyl groups is 1. The minimum Gasteiger partial charge on any atom is -0.486 e. The number of nitrogens with zero attached hydrogens (tertiary/aromatic N) is 1. The van der Waals surface area contributed by atoms with Crippen LogP contribution in [0.4, 0.5) is 0 Å². The molecule has 0 saturated carbocycles. The lowest BCUT2D eigenvalue weighted by molar-refractivity contribution is -0.130. The molecule has 6 nitrogen and oxygen atoms in total. The zero-order valence-corrected chi connectivity index (χ0v) is 14.8. The number of rotatable bonds is 3. The zero-order valence-electron chi connectivity index (χ0n) is 14.0. The van der Waals surface area contributed by atoms with Crippen LogP contribution in [0, 0.1) is 11.3 Å². The number of carbonyl (C=O) groups excluding carboxylic acids is 1. The highest BCUT2D eigenvalue weighted by atomic mass is 35.5. The van der Waals surface area contributed by atoms with Crippen LogP contribution >= 0.6 is 11.6 Å². The Morgan fingerprint density at radius 2 is 2.04 bits per heavy atom. The molecular weight excluding hydrogens is 346 g/mol. The highest BCUT2D eigenvalue weighted by Gasteiger charge is 2.49. The molecule has 0 spiro atoms. The number of likely N-dealkylation sites (tertiary alicyclic amines) is 1. The number of hydrogen-bond donors (Lipinski definition) is 1. The molecule has 2 atom stereocenters. The minimum absolute atomic E-state index is 0.0146. The van der Waals surface area contributed by atoms with Crippen molar-refractivity contribution in [2.24, 2.45) is 11.3 Å². The van der Waals surface area contributed by atoms with Crippen LogP contribution < -0.4 is 9.47 Å². The summed E-state index contributed by atoms with van der Waals surface area (Å²) in [7, 11) is 0. The fourth-order valence-electron chi connectivity index (χ4n) is 4.03. The van der Waals surface area contributed by atoms with Crippen molar-refractivity contribution in [1.82, 2.24) is 4.90 Å². The Balaban J connectivity index is 1.49. The maximum atomic E-state index is 12.8. The van der Waals surface area contributed by atoms with E-state index in [9.17, 15) is 9.90 Å². The number of benzene rings is 1. The largest absolute Gasteiger partial charge is 0.486 e. The molecule has 2 saturated heterocycles. The second-order valence-corrected chi connectivity index (χ2v) is 7.50. The average molecular weight is 368 g/mol. The van der Waals surface area contributed by atoms with Gasteiger partial charge in [0.1, 0.15) is 13.2 Å². The van der Waals surface area contributed by atoms with Crippen LogP contribution in [0.15, 0.2) is 12.1 Å². The average Bonchev–Trinajstić information content (AvgIpc) is 3.03. The van der Waals surface area contributed by atoms with Gasteiger partial charge in [-0.15, -0.1) is 0 Å². The maximum absolute atomic E-state index is 12.8. The van der Waals surface area contributed by atoms with Crippen molar-refractivity contribution in [3.05, 3.63) is 22.7 Å². The van der Waals surface area contributed by atoms with Gasteiger partial charge in [0.2, 0.25) is 5.91 Å². The SMILES string of the molecule is O=C(Cc1cc2c(cc1Cl)OCCO2)N1C[C@@H]2CCOC[C@]2(CO)C1. The summed E-state index contributed by atoms with van der Waals surface area (Å²) >= 11 is 6.32. The van der Waals surface area contributed by atoms with Crippen LogP contribution in [0.2, 0.25) is 5.02 Å². The number of carbonyl (C=O) groups is 1. The summed E-state index contributed by atoms with van der Waals surface area (Å²) in [4.78, 5) is 14.6. The van der Waals surface area contributed by atoms with Gasteiger partial charge in [-0.2, -0.15) is 0 Å². The molecule has 4 rings (SSSR count). The number of aliphatic hydroxyl groups excluding tert-OH is 1. The van der Waals surface area contributed by atoms with Gasteiger partial charge < -0.3 is 24.2 Å². The predicted molar refractivity (Wildman–Crippen MR) is 91.2 cm³/mol. The summed E-state index contributed by atoms with van der Waals surface area (Å²) in [5.41, 5.74) is 0.421. The topological polar surface area (TPSA) is 68.2 Å². The van der Waals surface area contributed by atoms with Crippen molar-refractivity contribution in [3.63, 3.8) is 0 Å². The van der Waals surface area contributed by atoms with Gasteiger partial charge in [-0.1, -0.05) is 11.6 Å². The Labute approximate surface area is 151 Å². The van der Waals surface area contributed by atoms with Crippen LogP contribution in [0.25, 0.3) is 0 Å². The molecule has 1 amide bonds. The quantitative estimate of drug-likeness (QED) is 0.877. The summed E-state index contributed by atoms with van der Waals surface area (Å²) in [6, 6.07) is 3.51. The van der Waals surface area contributed by atoms with Crippen LogP contribution in [-0.4, -0.2) is 62.0 Å². The van der Waals surface area contributed by atoms with Gasteiger partial charge in [0.05, 0.1) is 19.6 Å². The standard InChI is InChI=1S/C18H22ClNO5/c19-14-7-16-15(24-3-4-25-16)5-12(14)6-17(22)20-8-13-1-2-23-11-18(13,9-20)10-21/h5,7,13,21H,1-4,6,8-11H2/t13-,18+/m0/s1. The van der Waals surface area contributed by atoms with Crippen molar-refractivity contribution < 1.29 is 24.1 Å². The van der Waals surface area contributed by atoms with Gasteiger partial charge in [0.15, 0.2) is 11.5 Å². The van der Waals surface area contributed by atoms with Crippen LogP contribution in [-0.2, 0) is 16.0 Å². The second-order valence-electron chi connectivity index (χ2n) is 7.10. The zero-order chi connectivity index (χ0) is 17.4. The molecule has 0 unspecified atom stereocenters. The number of ether oxygens (including phenoxy) is 3. The van der Waals surface area contributed by atoms with Gasteiger partial charge in [-0.05, 0) is 24.0 Å². The normalized spacial score (nSPS) is 27.9. The predicted octanol–water partition coefficient (Wildman–Crippen LogP) is 1.51. The molecule has 3 heterocycles. The van der Waals surface area contributed by atoms with Crippen molar-refractivity contribution >= 4 is 17.5 Å². The van der Waals surface area contributed by atoms with E-state index >= 15 is 0 Å². The van der Waals surface area contributed by atoms with Crippen LogP contribution in [0.5, 0.6) is 11.5 Å². The smallest absolute Gasteiger partial charge is 0.227 e. The van der Waals surface area contributed by atoms with Crippen LogP contribution in [0.1, 0.15) is 12.0 Å². The van der Waals surface area contributed by atoms with Gasteiger partial charge in [-0.3, -0.25) is 4.79 Å². The summed E-state index contributed by atoms with van der Waals surface area (Å²) in [5.74, 6) is 1.57. The van der Waals surface area contributed by atoms with Gasteiger partial charge in [-0.25, -0.2) is 0 Å². The molecule has 136 valence electrons.